The predicted molar refractivity (Wildman–Crippen MR) is 86.7 cm³/mol. The minimum atomic E-state index is -0.536. The van der Waals surface area contributed by atoms with E-state index in [1.165, 1.54) is 6.33 Å². The molecule has 10 heteroatoms. The van der Waals surface area contributed by atoms with Crippen molar-refractivity contribution in [2.75, 3.05) is 38.1 Å². The number of aromatic nitrogens is 2. The van der Waals surface area contributed by atoms with Gasteiger partial charge in [-0.1, -0.05) is 0 Å². The van der Waals surface area contributed by atoms with Crippen LogP contribution in [0.5, 0.6) is 11.5 Å². The maximum atomic E-state index is 11.4. The van der Waals surface area contributed by atoms with Gasteiger partial charge >= 0.3 is 5.69 Å². The van der Waals surface area contributed by atoms with E-state index in [1.54, 1.807) is 37.3 Å². The van der Waals surface area contributed by atoms with E-state index in [-0.39, 0.29) is 17.3 Å². The van der Waals surface area contributed by atoms with Crippen molar-refractivity contribution in [2.24, 2.45) is 0 Å². The van der Waals surface area contributed by atoms with Crippen LogP contribution in [0.15, 0.2) is 24.5 Å². The van der Waals surface area contributed by atoms with Crippen molar-refractivity contribution < 1.29 is 14.4 Å². The highest BCUT2D eigenvalue weighted by Crippen LogP contribution is 2.36. The molecule has 10 nitrogen and oxygen atoms in total. The number of hydrazine groups is 1. The van der Waals surface area contributed by atoms with Gasteiger partial charge in [-0.25, -0.2) is 15.0 Å². The zero-order valence-corrected chi connectivity index (χ0v) is 13.1. The third-order valence-electron chi connectivity index (χ3n) is 3.14. The van der Waals surface area contributed by atoms with E-state index in [4.69, 9.17) is 9.47 Å². The van der Waals surface area contributed by atoms with Gasteiger partial charge in [-0.2, -0.15) is 0 Å². The molecule has 3 rings (SSSR count). The van der Waals surface area contributed by atoms with Crippen molar-refractivity contribution in [1.29, 1.82) is 0 Å². The van der Waals surface area contributed by atoms with Crippen LogP contribution in [-0.2, 0) is 0 Å². The van der Waals surface area contributed by atoms with Crippen LogP contribution in [0.1, 0.15) is 0 Å². The quantitative estimate of drug-likeness (QED) is 0.624. The van der Waals surface area contributed by atoms with Gasteiger partial charge in [-0.05, 0) is 12.1 Å². The topological polar surface area (TPSA) is 115 Å². The Morgan fingerprint density at radius 1 is 1.17 bits per heavy atom. The van der Waals surface area contributed by atoms with Crippen LogP contribution in [0.2, 0.25) is 0 Å². The van der Waals surface area contributed by atoms with Gasteiger partial charge in [0.1, 0.15) is 19.5 Å². The molecule has 1 aliphatic rings. The van der Waals surface area contributed by atoms with E-state index in [0.29, 0.717) is 30.4 Å². The second-order valence-electron chi connectivity index (χ2n) is 5.17. The molecule has 2 heterocycles. The van der Waals surface area contributed by atoms with Gasteiger partial charge in [-0.15, -0.1) is 0 Å². The number of ether oxygens (including phenoxy) is 2. The molecule has 0 radical (unpaired) electrons. The fourth-order valence-corrected chi connectivity index (χ4v) is 2.19. The van der Waals surface area contributed by atoms with Gasteiger partial charge in [0.25, 0.3) is 0 Å². The predicted octanol–water partition coefficient (Wildman–Crippen LogP) is 1.79. The standard InChI is InChI=1S/C14H16N6O4/c1-19(2)18-14-12(20(21)22)13(15-8-16-14)17-9-3-4-10-11(7-9)24-6-5-23-10/h3-4,7-8H,5-6H2,1-2H3,(H2,15,16,17,18). The lowest BCUT2D eigenvalue weighted by Crippen LogP contribution is -2.21. The van der Waals surface area contributed by atoms with Gasteiger partial charge in [0.15, 0.2) is 11.5 Å². The summed E-state index contributed by atoms with van der Waals surface area (Å²) in [5.74, 6) is 1.39. The number of hydrogen-bond donors (Lipinski definition) is 2. The smallest absolute Gasteiger partial charge is 0.354 e. The van der Waals surface area contributed by atoms with Crippen LogP contribution in [0.25, 0.3) is 0 Å². The Kier molecular flexibility index (Phi) is 4.29. The van der Waals surface area contributed by atoms with Crippen molar-refractivity contribution in [3.8, 4) is 11.5 Å². The van der Waals surface area contributed by atoms with E-state index >= 15 is 0 Å². The van der Waals surface area contributed by atoms with Crippen LogP contribution >= 0.6 is 0 Å². The average Bonchev–Trinajstić information content (AvgIpc) is 2.54. The lowest BCUT2D eigenvalue weighted by Gasteiger charge is -2.19. The SMILES string of the molecule is CN(C)Nc1ncnc(Nc2ccc3c(c2)OCCO3)c1[N+](=O)[O-]. The first-order chi connectivity index (χ1) is 11.5. The number of benzene rings is 1. The third kappa shape index (κ3) is 3.27. The second-order valence-corrected chi connectivity index (χ2v) is 5.17. The minimum absolute atomic E-state index is 0.0797. The van der Waals surface area contributed by atoms with E-state index in [0.717, 1.165) is 0 Å². The third-order valence-corrected chi connectivity index (χ3v) is 3.14. The second kappa shape index (κ2) is 6.54. The Balaban J connectivity index is 1.93. The Bertz CT molecular complexity index is 767. The number of anilines is 3. The molecule has 0 amide bonds. The van der Waals surface area contributed by atoms with E-state index in [9.17, 15) is 10.1 Å². The summed E-state index contributed by atoms with van der Waals surface area (Å²) in [6.45, 7) is 0.956. The fourth-order valence-electron chi connectivity index (χ4n) is 2.19. The number of nitro groups is 1. The molecule has 24 heavy (non-hydrogen) atoms. The highest BCUT2D eigenvalue weighted by molar-refractivity contribution is 5.74. The van der Waals surface area contributed by atoms with Gasteiger partial charge in [-0.3, -0.25) is 15.5 Å². The number of nitrogens with one attached hydrogen (secondary N) is 2. The van der Waals surface area contributed by atoms with Gasteiger partial charge in [0, 0.05) is 25.8 Å². The largest absolute Gasteiger partial charge is 0.486 e. The molecule has 1 aromatic carbocycles. The van der Waals surface area contributed by atoms with Crippen molar-refractivity contribution in [2.45, 2.75) is 0 Å². The molecule has 2 aromatic rings. The zero-order valence-electron chi connectivity index (χ0n) is 13.1. The molecule has 0 fully saturated rings. The maximum Gasteiger partial charge on any atom is 0.354 e. The van der Waals surface area contributed by atoms with Gasteiger partial charge in [0.05, 0.1) is 4.92 Å². The molecule has 126 valence electrons. The van der Waals surface area contributed by atoms with Crippen LogP contribution in [0, 0.1) is 10.1 Å². The van der Waals surface area contributed by atoms with E-state index in [1.807, 2.05) is 0 Å². The molecular formula is C14H16N6O4. The van der Waals surface area contributed by atoms with Crippen molar-refractivity contribution >= 4 is 23.0 Å². The fraction of sp³-hybridized carbons (Fsp3) is 0.286. The first-order valence-electron chi connectivity index (χ1n) is 7.14. The lowest BCUT2D eigenvalue weighted by atomic mass is 10.2. The number of hydrogen-bond acceptors (Lipinski definition) is 9. The van der Waals surface area contributed by atoms with E-state index in [2.05, 4.69) is 20.7 Å². The normalized spacial score (nSPS) is 12.8. The van der Waals surface area contributed by atoms with Crippen molar-refractivity contribution in [3.63, 3.8) is 0 Å². The summed E-state index contributed by atoms with van der Waals surface area (Å²) in [7, 11) is 3.42. The summed E-state index contributed by atoms with van der Waals surface area (Å²) in [6.07, 6.45) is 1.25. The molecule has 0 saturated heterocycles. The summed E-state index contributed by atoms with van der Waals surface area (Å²) >= 11 is 0. The van der Waals surface area contributed by atoms with Crippen molar-refractivity contribution in [1.82, 2.24) is 15.0 Å². The molecule has 2 N–H and O–H groups in total. The number of fused-ring (bicyclic) bond motifs is 1. The summed E-state index contributed by atoms with van der Waals surface area (Å²) in [4.78, 5) is 18.8. The molecule has 0 aliphatic carbocycles. The molecule has 0 unspecified atom stereocenters. The molecule has 1 aliphatic heterocycles. The monoisotopic (exact) mass is 332 g/mol. The van der Waals surface area contributed by atoms with Gasteiger partial charge in [0.2, 0.25) is 11.6 Å². The maximum absolute atomic E-state index is 11.4. The highest BCUT2D eigenvalue weighted by atomic mass is 16.6. The molecule has 0 atom stereocenters. The van der Waals surface area contributed by atoms with Crippen LogP contribution in [0.4, 0.5) is 23.0 Å². The Morgan fingerprint density at radius 2 is 1.88 bits per heavy atom. The molecule has 0 bridgehead atoms. The van der Waals surface area contributed by atoms with Crippen LogP contribution < -0.4 is 20.2 Å². The Morgan fingerprint density at radius 3 is 2.58 bits per heavy atom. The van der Waals surface area contributed by atoms with Crippen LogP contribution in [-0.4, -0.2) is 47.2 Å². The van der Waals surface area contributed by atoms with E-state index < -0.39 is 4.92 Å². The average molecular weight is 332 g/mol. The van der Waals surface area contributed by atoms with Gasteiger partial charge < -0.3 is 14.8 Å². The minimum Gasteiger partial charge on any atom is -0.486 e. The highest BCUT2D eigenvalue weighted by Gasteiger charge is 2.24. The first kappa shape index (κ1) is 15.7. The number of nitrogens with zero attached hydrogens (tertiary/aromatic N) is 4. The number of rotatable bonds is 5. The first-order valence-corrected chi connectivity index (χ1v) is 7.14. The summed E-state index contributed by atoms with van der Waals surface area (Å²) in [5, 5.41) is 15.9. The summed E-state index contributed by atoms with van der Waals surface area (Å²) < 4.78 is 11.0. The Labute approximate surface area is 137 Å². The molecule has 1 aromatic heterocycles. The zero-order chi connectivity index (χ0) is 17.1. The molecular weight excluding hydrogens is 316 g/mol. The molecule has 0 spiro atoms. The van der Waals surface area contributed by atoms with Crippen molar-refractivity contribution in [3.05, 3.63) is 34.6 Å². The lowest BCUT2D eigenvalue weighted by molar-refractivity contribution is -0.383. The summed E-state index contributed by atoms with van der Waals surface area (Å²) in [5.41, 5.74) is 3.13. The summed E-state index contributed by atoms with van der Waals surface area (Å²) in [6, 6.07) is 5.18. The van der Waals surface area contributed by atoms with Crippen LogP contribution in [0.3, 0.4) is 0 Å². The molecule has 0 saturated carbocycles. The Hall–Kier alpha value is -3.14.